The van der Waals surface area contributed by atoms with Crippen molar-refractivity contribution in [2.75, 3.05) is 6.26 Å². The van der Waals surface area contributed by atoms with Crippen LogP contribution in [0.5, 0.6) is 5.75 Å². The summed E-state index contributed by atoms with van der Waals surface area (Å²) >= 11 is 5.28. The minimum absolute atomic E-state index is 0.466. The topological polar surface area (TPSA) is 9.23 Å². The van der Waals surface area contributed by atoms with Crippen LogP contribution in [0.2, 0.25) is 0 Å². The van der Waals surface area contributed by atoms with Crippen LogP contribution in [0, 0.1) is 0 Å². The van der Waals surface area contributed by atoms with Crippen molar-refractivity contribution in [3.63, 3.8) is 0 Å². The Balaban J connectivity index is 2.22. The highest BCUT2D eigenvalue weighted by molar-refractivity contribution is 9.10. The van der Waals surface area contributed by atoms with Gasteiger partial charge in [-0.15, -0.1) is 11.8 Å². The van der Waals surface area contributed by atoms with E-state index in [1.807, 2.05) is 12.1 Å². The fourth-order valence-electron chi connectivity index (χ4n) is 1.10. The van der Waals surface area contributed by atoms with Crippen LogP contribution >= 0.6 is 27.7 Å². The van der Waals surface area contributed by atoms with Crippen molar-refractivity contribution in [1.82, 2.24) is 0 Å². The van der Waals surface area contributed by atoms with Crippen molar-refractivity contribution in [2.45, 2.75) is 23.8 Å². The maximum absolute atomic E-state index is 5.74. The Hall–Kier alpha value is -0.150. The molecule has 70 valence electrons. The first-order valence-corrected chi connectivity index (χ1v) is 6.32. The Morgan fingerprint density at radius 1 is 1.46 bits per heavy atom. The molecule has 1 saturated carbocycles. The van der Waals surface area contributed by atoms with Crippen molar-refractivity contribution < 1.29 is 4.74 Å². The number of rotatable bonds is 3. The van der Waals surface area contributed by atoms with E-state index in [-0.39, 0.29) is 0 Å². The lowest BCUT2D eigenvalue weighted by Crippen LogP contribution is -1.96. The Bertz CT molecular complexity index is 310. The quantitative estimate of drug-likeness (QED) is 0.765. The minimum atomic E-state index is 0.466. The number of halogens is 1. The van der Waals surface area contributed by atoms with Crippen LogP contribution in [0.15, 0.2) is 27.6 Å². The number of thioether (sulfide) groups is 1. The average Bonchev–Trinajstić information content (AvgIpc) is 2.92. The van der Waals surface area contributed by atoms with Gasteiger partial charge in [0.05, 0.1) is 10.6 Å². The third kappa shape index (κ3) is 2.20. The Morgan fingerprint density at radius 3 is 2.85 bits per heavy atom. The maximum Gasteiger partial charge on any atom is 0.135 e. The first kappa shape index (κ1) is 9.41. The molecular formula is C10H11BrOS. The Labute approximate surface area is 91.0 Å². The van der Waals surface area contributed by atoms with E-state index < -0.39 is 0 Å². The highest BCUT2D eigenvalue weighted by Crippen LogP contribution is 2.37. The Morgan fingerprint density at radius 2 is 2.23 bits per heavy atom. The van der Waals surface area contributed by atoms with Crippen LogP contribution in [-0.4, -0.2) is 12.4 Å². The Kier molecular flexibility index (Phi) is 2.84. The summed E-state index contributed by atoms with van der Waals surface area (Å²) in [5.74, 6) is 0.981. The lowest BCUT2D eigenvalue weighted by atomic mass is 10.3. The van der Waals surface area contributed by atoms with Crippen LogP contribution in [0.25, 0.3) is 0 Å². The van der Waals surface area contributed by atoms with Crippen LogP contribution < -0.4 is 4.74 Å². The zero-order valence-corrected chi connectivity index (χ0v) is 9.82. The predicted molar refractivity (Wildman–Crippen MR) is 59.6 cm³/mol. The number of hydrogen-bond donors (Lipinski definition) is 0. The summed E-state index contributed by atoms with van der Waals surface area (Å²) in [6.07, 6.45) is 4.95. The second-order valence-corrected chi connectivity index (χ2v) is 4.73. The average molecular weight is 259 g/mol. The van der Waals surface area contributed by atoms with Crippen molar-refractivity contribution in [1.29, 1.82) is 0 Å². The molecule has 0 N–H and O–H groups in total. The predicted octanol–water partition coefficient (Wildman–Crippen LogP) is 3.71. The van der Waals surface area contributed by atoms with E-state index >= 15 is 0 Å². The molecule has 2 rings (SSSR count). The van der Waals surface area contributed by atoms with E-state index in [4.69, 9.17) is 4.74 Å². The monoisotopic (exact) mass is 258 g/mol. The lowest BCUT2D eigenvalue weighted by Gasteiger charge is -2.08. The van der Waals surface area contributed by atoms with Gasteiger partial charge in [-0.3, -0.25) is 0 Å². The second-order valence-electron chi connectivity index (χ2n) is 3.09. The fraction of sp³-hybridized carbons (Fsp3) is 0.400. The van der Waals surface area contributed by atoms with E-state index in [1.165, 1.54) is 17.7 Å². The molecule has 0 heterocycles. The van der Waals surface area contributed by atoms with Gasteiger partial charge >= 0.3 is 0 Å². The summed E-state index contributed by atoms with van der Waals surface area (Å²) in [6, 6.07) is 6.14. The smallest absolute Gasteiger partial charge is 0.135 e. The van der Waals surface area contributed by atoms with E-state index in [9.17, 15) is 0 Å². The molecule has 1 aromatic carbocycles. The zero-order chi connectivity index (χ0) is 9.26. The molecule has 0 amide bonds. The van der Waals surface area contributed by atoms with Gasteiger partial charge in [-0.1, -0.05) is 6.07 Å². The largest absolute Gasteiger partial charge is 0.489 e. The molecule has 3 heteroatoms. The van der Waals surface area contributed by atoms with Gasteiger partial charge in [0.1, 0.15) is 5.75 Å². The summed E-state index contributed by atoms with van der Waals surface area (Å²) in [7, 11) is 0. The minimum Gasteiger partial charge on any atom is -0.489 e. The third-order valence-corrected chi connectivity index (χ3v) is 3.83. The molecular weight excluding hydrogens is 248 g/mol. The second kappa shape index (κ2) is 3.93. The van der Waals surface area contributed by atoms with Gasteiger partial charge in [-0.05, 0) is 47.2 Å². The van der Waals surface area contributed by atoms with E-state index in [1.54, 1.807) is 11.8 Å². The highest BCUT2D eigenvalue weighted by Gasteiger charge is 2.24. The number of hydrogen-bond acceptors (Lipinski definition) is 2. The molecule has 0 spiro atoms. The van der Waals surface area contributed by atoms with Gasteiger partial charge in [0.2, 0.25) is 0 Å². The molecule has 1 fully saturated rings. The van der Waals surface area contributed by atoms with Crippen LogP contribution in [0.3, 0.4) is 0 Å². The SMILES string of the molecule is CSc1cccc(OC2CC2)c1Br. The van der Waals surface area contributed by atoms with Crippen molar-refractivity contribution in [2.24, 2.45) is 0 Å². The van der Waals surface area contributed by atoms with Crippen molar-refractivity contribution in [3.05, 3.63) is 22.7 Å². The lowest BCUT2D eigenvalue weighted by molar-refractivity contribution is 0.300. The number of ether oxygens (including phenoxy) is 1. The number of benzene rings is 1. The van der Waals surface area contributed by atoms with Crippen LogP contribution in [-0.2, 0) is 0 Å². The van der Waals surface area contributed by atoms with Gasteiger partial charge in [0, 0.05) is 4.90 Å². The molecule has 0 radical (unpaired) electrons. The molecule has 1 nitrogen and oxygen atoms in total. The van der Waals surface area contributed by atoms with E-state index in [2.05, 4.69) is 28.3 Å². The van der Waals surface area contributed by atoms with Gasteiger partial charge in [-0.2, -0.15) is 0 Å². The van der Waals surface area contributed by atoms with Gasteiger partial charge in [-0.25, -0.2) is 0 Å². The van der Waals surface area contributed by atoms with E-state index in [0.717, 1.165) is 10.2 Å². The molecule has 0 aliphatic heterocycles. The summed E-state index contributed by atoms with van der Waals surface area (Å²) in [6.45, 7) is 0. The van der Waals surface area contributed by atoms with Crippen LogP contribution in [0.1, 0.15) is 12.8 Å². The standard InChI is InChI=1S/C10H11BrOS/c1-13-9-4-2-3-8(10(9)11)12-7-5-6-7/h2-4,7H,5-6H2,1H3. The molecule has 13 heavy (non-hydrogen) atoms. The third-order valence-electron chi connectivity index (χ3n) is 1.97. The fourth-order valence-corrected chi connectivity index (χ4v) is 2.44. The maximum atomic E-state index is 5.74. The summed E-state index contributed by atoms with van der Waals surface area (Å²) in [5.41, 5.74) is 0. The van der Waals surface area contributed by atoms with Crippen molar-refractivity contribution in [3.8, 4) is 5.75 Å². The van der Waals surface area contributed by atoms with E-state index in [0.29, 0.717) is 6.10 Å². The van der Waals surface area contributed by atoms with Crippen LogP contribution in [0.4, 0.5) is 0 Å². The molecule has 0 atom stereocenters. The molecule has 0 unspecified atom stereocenters. The van der Waals surface area contributed by atoms with Gasteiger partial charge in [0.25, 0.3) is 0 Å². The molecule has 0 aromatic heterocycles. The normalized spacial score (nSPS) is 15.8. The molecule has 1 aromatic rings. The molecule has 1 aliphatic carbocycles. The molecule has 1 aliphatic rings. The highest BCUT2D eigenvalue weighted by atomic mass is 79.9. The zero-order valence-electron chi connectivity index (χ0n) is 7.42. The molecule has 0 saturated heterocycles. The summed E-state index contributed by atoms with van der Waals surface area (Å²) in [4.78, 5) is 1.23. The first-order valence-electron chi connectivity index (χ1n) is 4.30. The van der Waals surface area contributed by atoms with Crippen molar-refractivity contribution >= 4 is 27.7 Å². The van der Waals surface area contributed by atoms with Gasteiger partial charge in [0.15, 0.2) is 0 Å². The summed E-state index contributed by atoms with van der Waals surface area (Å²) < 4.78 is 6.83. The molecule has 0 bridgehead atoms. The van der Waals surface area contributed by atoms with Gasteiger partial charge < -0.3 is 4.74 Å². The first-order chi connectivity index (χ1) is 6.31. The summed E-state index contributed by atoms with van der Waals surface area (Å²) in [5, 5.41) is 0.